The highest BCUT2D eigenvalue weighted by molar-refractivity contribution is 7.88. The molecule has 1 saturated heterocycles. The number of amides is 1. The smallest absolute Gasteiger partial charge is 0.225 e. The molecule has 0 unspecified atom stereocenters. The van der Waals surface area contributed by atoms with Crippen LogP contribution in [0.4, 0.5) is 0 Å². The van der Waals surface area contributed by atoms with Gasteiger partial charge in [0, 0.05) is 26.1 Å². The zero-order valence-electron chi connectivity index (χ0n) is 12.9. The van der Waals surface area contributed by atoms with Gasteiger partial charge in [-0.15, -0.1) is 0 Å². The Balaban J connectivity index is 1.92. The van der Waals surface area contributed by atoms with Crippen molar-refractivity contribution in [2.75, 3.05) is 26.4 Å². The van der Waals surface area contributed by atoms with Crippen molar-refractivity contribution in [3.05, 3.63) is 0 Å². The van der Waals surface area contributed by atoms with Crippen LogP contribution in [-0.4, -0.2) is 67.2 Å². The Morgan fingerprint density at radius 1 is 1.14 bits per heavy atom. The van der Waals surface area contributed by atoms with Gasteiger partial charge in [0.1, 0.15) is 0 Å². The number of piperidine rings is 1. The number of rotatable bonds is 3. The maximum absolute atomic E-state index is 12.5. The minimum absolute atomic E-state index is 0.0501. The quantitative estimate of drug-likeness (QED) is 0.818. The highest BCUT2D eigenvalue weighted by atomic mass is 32.2. The van der Waals surface area contributed by atoms with Crippen LogP contribution in [0, 0.1) is 5.92 Å². The lowest BCUT2D eigenvalue weighted by molar-refractivity contribution is -0.141. The monoisotopic (exact) mass is 318 g/mol. The van der Waals surface area contributed by atoms with Crippen molar-refractivity contribution in [3.63, 3.8) is 0 Å². The lowest BCUT2D eigenvalue weighted by Crippen LogP contribution is -2.50. The van der Waals surface area contributed by atoms with Crippen LogP contribution in [0.15, 0.2) is 0 Å². The SMILES string of the molecule is CN(C(=O)C1CCN(S(C)(=O)=O)CC1)[C@@H]1CCCC[C@@H]1O. The van der Waals surface area contributed by atoms with Gasteiger partial charge in [-0.1, -0.05) is 12.8 Å². The highest BCUT2D eigenvalue weighted by Crippen LogP contribution is 2.26. The van der Waals surface area contributed by atoms with Crippen LogP contribution in [0.5, 0.6) is 0 Å². The first kappa shape index (κ1) is 16.7. The molecule has 6 nitrogen and oxygen atoms in total. The number of carbonyl (C=O) groups excluding carboxylic acids is 1. The molecule has 2 atom stereocenters. The molecule has 1 aliphatic heterocycles. The second-order valence-corrected chi connectivity index (χ2v) is 8.29. The molecule has 1 amide bonds. The van der Waals surface area contributed by atoms with E-state index in [0.29, 0.717) is 25.9 Å². The maximum atomic E-state index is 12.5. The highest BCUT2D eigenvalue weighted by Gasteiger charge is 2.35. The van der Waals surface area contributed by atoms with E-state index < -0.39 is 16.1 Å². The molecule has 2 aliphatic rings. The average molecular weight is 318 g/mol. The molecular weight excluding hydrogens is 292 g/mol. The Morgan fingerprint density at radius 2 is 1.71 bits per heavy atom. The van der Waals surface area contributed by atoms with E-state index in [2.05, 4.69) is 0 Å². The van der Waals surface area contributed by atoms with Crippen molar-refractivity contribution in [1.82, 2.24) is 9.21 Å². The summed E-state index contributed by atoms with van der Waals surface area (Å²) in [6, 6.07) is -0.0841. The van der Waals surface area contributed by atoms with Crippen molar-refractivity contribution in [2.24, 2.45) is 5.92 Å². The van der Waals surface area contributed by atoms with E-state index in [9.17, 15) is 18.3 Å². The van der Waals surface area contributed by atoms with Crippen LogP contribution in [-0.2, 0) is 14.8 Å². The molecule has 0 bridgehead atoms. The molecule has 0 aromatic heterocycles. The molecule has 1 aliphatic carbocycles. The van der Waals surface area contributed by atoms with Crippen molar-refractivity contribution in [1.29, 1.82) is 0 Å². The van der Waals surface area contributed by atoms with Gasteiger partial charge in [0.15, 0.2) is 0 Å². The van der Waals surface area contributed by atoms with E-state index in [0.717, 1.165) is 25.7 Å². The lowest BCUT2D eigenvalue weighted by Gasteiger charge is -2.38. The van der Waals surface area contributed by atoms with Crippen molar-refractivity contribution < 1.29 is 18.3 Å². The number of aliphatic hydroxyl groups excluding tert-OH is 1. The van der Waals surface area contributed by atoms with Crippen LogP contribution < -0.4 is 0 Å². The topological polar surface area (TPSA) is 77.9 Å². The Kier molecular flexibility index (Phi) is 5.27. The van der Waals surface area contributed by atoms with Gasteiger partial charge in [-0.3, -0.25) is 4.79 Å². The van der Waals surface area contributed by atoms with Gasteiger partial charge in [-0.2, -0.15) is 0 Å². The van der Waals surface area contributed by atoms with Gasteiger partial charge in [0.25, 0.3) is 0 Å². The van der Waals surface area contributed by atoms with E-state index in [1.807, 2.05) is 0 Å². The number of aliphatic hydroxyl groups is 1. The zero-order chi connectivity index (χ0) is 15.6. The Hall–Kier alpha value is -0.660. The second kappa shape index (κ2) is 6.62. The molecule has 0 aromatic carbocycles. The summed E-state index contributed by atoms with van der Waals surface area (Å²) in [5, 5.41) is 10.1. The molecule has 21 heavy (non-hydrogen) atoms. The number of hydrogen-bond acceptors (Lipinski definition) is 4. The minimum atomic E-state index is -3.16. The molecule has 0 aromatic rings. The number of sulfonamides is 1. The molecule has 1 saturated carbocycles. The predicted molar refractivity (Wildman–Crippen MR) is 80.2 cm³/mol. The summed E-state index contributed by atoms with van der Waals surface area (Å²) >= 11 is 0. The summed E-state index contributed by atoms with van der Waals surface area (Å²) in [7, 11) is -1.39. The van der Waals surface area contributed by atoms with Crippen LogP contribution in [0.2, 0.25) is 0 Å². The van der Waals surface area contributed by atoms with Crippen LogP contribution in [0.25, 0.3) is 0 Å². The predicted octanol–water partition coefficient (Wildman–Crippen LogP) is 0.420. The first-order valence-electron chi connectivity index (χ1n) is 7.70. The lowest BCUT2D eigenvalue weighted by atomic mass is 9.89. The largest absolute Gasteiger partial charge is 0.391 e. The normalized spacial score (nSPS) is 29.3. The van der Waals surface area contributed by atoms with E-state index in [4.69, 9.17) is 0 Å². The molecule has 1 heterocycles. The van der Waals surface area contributed by atoms with Gasteiger partial charge in [-0.05, 0) is 25.7 Å². The molecule has 0 radical (unpaired) electrons. The van der Waals surface area contributed by atoms with E-state index in [1.54, 1.807) is 11.9 Å². The number of hydrogen-bond donors (Lipinski definition) is 1. The van der Waals surface area contributed by atoms with E-state index in [1.165, 1.54) is 10.6 Å². The Bertz CT molecular complexity index is 471. The van der Waals surface area contributed by atoms with Crippen LogP contribution >= 0.6 is 0 Å². The van der Waals surface area contributed by atoms with Crippen molar-refractivity contribution >= 4 is 15.9 Å². The van der Waals surface area contributed by atoms with Crippen LogP contribution in [0.1, 0.15) is 38.5 Å². The third-order valence-electron chi connectivity index (χ3n) is 4.81. The molecule has 1 N–H and O–H groups in total. The standard InChI is InChI=1S/C14H26N2O4S/c1-15(12-5-3-4-6-13(12)17)14(18)11-7-9-16(10-8-11)21(2,19)20/h11-13,17H,3-10H2,1-2H3/t12-,13+/m1/s1. The fourth-order valence-corrected chi connectivity index (χ4v) is 4.30. The molecule has 0 spiro atoms. The summed E-state index contributed by atoms with van der Waals surface area (Å²) < 4.78 is 24.4. The van der Waals surface area contributed by atoms with Crippen LogP contribution in [0.3, 0.4) is 0 Å². The molecular formula is C14H26N2O4S. The third-order valence-corrected chi connectivity index (χ3v) is 6.11. The molecule has 2 rings (SSSR count). The Morgan fingerprint density at radius 3 is 2.24 bits per heavy atom. The third kappa shape index (κ3) is 3.96. The number of likely N-dealkylation sites (N-methyl/N-ethyl adjacent to an activating group) is 1. The van der Waals surface area contributed by atoms with Crippen molar-refractivity contribution in [2.45, 2.75) is 50.7 Å². The summed E-state index contributed by atoms with van der Waals surface area (Å²) in [4.78, 5) is 14.2. The fourth-order valence-electron chi connectivity index (χ4n) is 3.43. The average Bonchev–Trinajstić information content (AvgIpc) is 2.45. The molecule has 2 fully saturated rings. The Labute approximate surface area is 127 Å². The fraction of sp³-hybridized carbons (Fsp3) is 0.929. The summed E-state index contributed by atoms with van der Waals surface area (Å²) in [6.07, 6.45) is 5.60. The van der Waals surface area contributed by atoms with Gasteiger partial charge < -0.3 is 10.0 Å². The van der Waals surface area contributed by atoms with Gasteiger partial charge >= 0.3 is 0 Å². The summed E-state index contributed by atoms with van der Waals surface area (Å²) in [6.45, 7) is 0.826. The number of nitrogens with zero attached hydrogens (tertiary/aromatic N) is 2. The van der Waals surface area contributed by atoms with Gasteiger partial charge in [0.2, 0.25) is 15.9 Å². The van der Waals surface area contributed by atoms with E-state index >= 15 is 0 Å². The maximum Gasteiger partial charge on any atom is 0.225 e. The first-order chi connectivity index (χ1) is 9.80. The second-order valence-electron chi connectivity index (χ2n) is 6.30. The minimum Gasteiger partial charge on any atom is -0.391 e. The zero-order valence-corrected chi connectivity index (χ0v) is 13.7. The summed E-state index contributed by atoms with van der Waals surface area (Å²) in [5.41, 5.74) is 0. The molecule has 122 valence electrons. The van der Waals surface area contributed by atoms with E-state index in [-0.39, 0.29) is 17.9 Å². The van der Waals surface area contributed by atoms with Crippen molar-refractivity contribution in [3.8, 4) is 0 Å². The summed E-state index contributed by atoms with van der Waals surface area (Å²) in [5.74, 6) is -0.0729. The number of carbonyl (C=O) groups is 1. The molecule has 7 heteroatoms. The first-order valence-corrected chi connectivity index (χ1v) is 9.55. The van der Waals surface area contributed by atoms with Gasteiger partial charge in [0.05, 0.1) is 18.4 Å². The van der Waals surface area contributed by atoms with Gasteiger partial charge in [-0.25, -0.2) is 12.7 Å².